The number of benzene rings is 2. The van der Waals surface area contributed by atoms with Crippen LogP contribution >= 0.6 is 0 Å². The van der Waals surface area contributed by atoms with Gasteiger partial charge in [-0.1, -0.05) is 35.9 Å². The Bertz CT molecular complexity index is 1240. The van der Waals surface area contributed by atoms with Gasteiger partial charge in [-0.3, -0.25) is 9.20 Å². The minimum absolute atomic E-state index is 0.292. The molecule has 0 aliphatic heterocycles. The van der Waals surface area contributed by atoms with Crippen LogP contribution in [0.1, 0.15) is 27.2 Å². The number of azo groups is 1. The maximum Gasteiger partial charge on any atom is 0.271 e. The van der Waals surface area contributed by atoms with E-state index < -0.39 is 0 Å². The molecule has 1 amide bonds. The third kappa shape index (κ3) is 4.30. The highest BCUT2D eigenvalue weighted by molar-refractivity contribution is 5.95. The van der Waals surface area contributed by atoms with E-state index in [2.05, 4.69) is 25.7 Å². The Labute approximate surface area is 173 Å². The molecule has 0 bridgehead atoms. The molecule has 0 aliphatic rings. The minimum Gasteiger partial charge on any atom is -0.283 e. The molecule has 30 heavy (non-hydrogen) atoms. The fourth-order valence-electron chi connectivity index (χ4n) is 2.89. The number of fused-ring (bicyclic) bond motifs is 1. The van der Waals surface area contributed by atoms with Gasteiger partial charge in [0.25, 0.3) is 5.91 Å². The summed E-state index contributed by atoms with van der Waals surface area (Å²) in [7, 11) is 0. The Balaban J connectivity index is 1.42. The van der Waals surface area contributed by atoms with Crippen LogP contribution in [-0.4, -0.2) is 21.5 Å². The van der Waals surface area contributed by atoms with Gasteiger partial charge < -0.3 is 0 Å². The zero-order valence-corrected chi connectivity index (χ0v) is 16.6. The van der Waals surface area contributed by atoms with Gasteiger partial charge in [0, 0.05) is 11.8 Å². The minimum atomic E-state index is -0.292. The molecule has 0 atom stereocenters. The molecule has 4 aromatic rings. The van der Waals surface area contributed by atoms with Crippen molar-refractivity contribution in [3.63, 3.8) is 0 Å². The van der Waals surface area contributed by atoms with E-state index in [0.717, 1.165) is 16.9 Å². The summed E-state index contributed by atoms with van der Waals surface area (Å²) in [5.74, 6) is 0.386. The summed E-state index contributed by atoms with van der Waals surface area (Å²) in [4.78, 5) is 16.7. The lowest BCUT2D eigenvalue weighted by Gasteiger charge is -2.00. The van der Waals surface area contributed by atoms with Crippen LogP contribution in [0.4, 0.5) is 11.5 Å². The second-order valence-corrected chi connectivity index (χ2v) is 6.81. The molecule has 2 aromatic carbocycles. The maximum atomic E-state index is 12.2. The first-order valence-electron chi connectivity index (χ1n) is 9.46. The van der Waals surface area contributed by atoms with Gasteiger partial charge in [0.2, 0.25) is 0 Å². The van der Waals surface area contributed by atoms with Crippen molar-refractivity contribution in [3.05, 3.63) is 95.3 Å². The van der Waals surface area contributed by atoms with Gasteiger partial charge in [-0.25, -0.2) is 10.4 Å². The van der Waals surface area contributed by atoms with Crippen LogP contribution in [0.3, 0.4) is 0 Å². The summed E-state index contributed by atoms with van der Waals surface area (Å²) in [6.07, 6.45) is 3.51. The van der Waals surface area contributed by atoms with Crippen LogP contribution in [0.25, 0.3) is 5.65 Å². The number of amides is 1. The van der Waals surface area contributed by atoms with Crippen LogP contribution in [0, 0.1) is 13.8 Å². The second kappa shape index (κ2) is 8.48. The molecular weight excluding hydrogens is 376 g/mol. The SMILES string of the molecule is Cc1ccc(/C=N/NC(=O)c2ccc(N=Nc3c(C)nc4ccccn34)cc2)cc1. The van der Waals surface area contributed by atoms with Crippen molar-refractivity contribution < 1.29 is 4.79 Å². The standard InChI is InChI=1S/C23H20N6O/c1-16-6-8-18(9-7-16)15-24-28-23(30)19-10-12-20(13-11-19)26-27-22-17(2)25-21-5-3-4-14-29(21)22/h3-15H,1-2H3,(H,28,30)/b24-15+,27-26?. The zero-order chi connectivity index (χ0) is 20.9. The van der Waals surface area contributed by atoms with Crippen LogP contribution in [0.15, 0.2) is 88.3 Å². The predicted octanol–water partition coefficient (Wildman–Crippen LogP) is 5.13. The van der Waals surface area contributed by atoms with Gasteiger partial charge in [0.1, 0.15) is 5.65 Å². The first kappa shape index (κ1) is 19.2. The van der Waals surface area contributed by atoms with Crippen molar-refractivity contribution in [3.8, 4) is 0 Å². The Morgan fingerprint density at radius 2 is 1.73 bits per heavy atom. The number of nitrogens with one attached hydrogen (secondary N) is 1. The fraction of sp³-hybridized carbons (Fsp3) is 0.0870. The number of rotatable bonds is 5. The van der Waals surface area contributed by atoms with E-state index in [1.807, 2.05) is 66.9 Å². The molecule has 0 saturated carbocycles. The molecule has 0 saturated heterocycles. The van der Waals surface area contributed by atoms with E-state index in [1.165, 1.54) is 5.56 Å². The van der Waals surface area contributed by atoms with E-state index in [9.17, 15) is 4.79 Å². The quantitative estimate of drug-likeness (QED) is 0.288. The lowest BCUT2D eigenvalue weighted by atomic mass is 10.2. The average Bonchev–Trinajstić information content (AvgIpc) is 3.09. The highest BCUT2D eigenvalue weighted by atomic mass is 16.2. The van der Waals surface area contributed by atoms with Crippen molar-refractivity contribution in [1.29, 1.82) is 0 Å². The van der Waals surface area contributed by atoms with Gasteiger partial charge in [-0.05, 0) is 55.8 Å². The number of carbonyl (C=O) groups is 1. The van der Waals surface area contributed by atoms with Crippen molar-refractivity contribution in [1.82, 2.24) is 14.8 Å². The summed E-state index contributed by atoms with van der Waals surface area (Å²) >= 11 is 0. The summed E-state index contributed by atoms with van der Waals surface area (Å²) in [6.45, 7) is 3.91. The number of aromatic nitrogens is 2. The molecule has 0 spiro atoms. The van der Waals surface area contributed by atoms with Crippen LogP contribution in [-0.2, 0) is 0 Å². The molecule has 7 nitrogen and oxygen atoms in total. The summed E-state index contributed by atoms with van der Waals surface area (Å²) in [5.41, 5.74) is 7.36. The Kier molecular flexibility index (Phi) is 5.43. The van der Waals surface area contributed by atoms with Crippen molar-refractivity contribution in [2.45, 2.75) is 13.8 Å². The number of pyridine rings is 1. The molecule has 0 fully saturated rings. The third-order valence-corrected chi connectivity index (χ3v) is 4.52. The number of carbonyl (C=O) groups excluding carboxylic acids is 1. The van der Waals surface area contributed by atoms with E-state index in [-0.39, 0.29) is 5.91 Å². The molecule has 2 heterocycles. The van der Waals surface area contributed by atoms with E-state index in [1.54, 1.807) is 30.5 Å². The summed E-state index contributed by atoms with van der Waals surface area (Å²) in [5, 5.41) is 12.6. The third-order valence-electron chi connectivity index (χ3n) is 4.52. The molecule has 1 N–H and O–H groups in total. The zero-order valence-electron chi connectivity index (χ0n) is 16.6. The summed E-state index contributed by atoms with van der Waals surface area (Å²) < 4.78 is 1.88. The Hall–Kier alpha value is -4.13. The Morgan fingerprint density at radius 1 is 0.967 bits per heavy atom. The van der Waals surface area contributed by atoms with E-state index >= 15 is 0 Å². The molecule has 0 aliphatic carbocycles. The molecule has 2 aromatic heterocycles. The highest BCUT2D eigenvalue weighted by Crippen LogP contribution is 2.23. The summed E-state index contributed by atoms with van der Waals surface area (Å²) in [6, 6.07) is 20.5. The van der Waals surface area contributed by atoms with Crippen LogP contribution in [0.2, 0.25) is 0 Å². The van der Waals surface area contributed by atoms with E-state index in [0.29, 0.717) is 17.1 Å². The highest BCUT2D eigenvalue weighted by Gasteiger charge is 2.07. The second-order valence-electron chi connectivity index (χ2n) is 6.81. The van der Waals surface area contributed by atoms with Gasteiger partial charge >= 0.3 is 0 Å². The first-order valence-corrected chi connectivity index (χ1v) is 9.46. The average molecular weight is 396 g/mol. The van der Waals surface area contributed by atoms with Crippen molar-refractivity contribution in [2.24, 2.45) is 15.3 Å². The largest absolute Gasteiger partial charge is 0.283 e. The van der Waals surface area contributed by atoms with Gasteiger partial charge in [-0.2, -0.15) is 5.10 Å². The number of nitrogens with zero attached hydrogens (tertiary/aromatic N) is 5. The van der Waals surface area contributed by atoms with Gasteiger partial charge in [0.05, 0.1) is 17.6 Å². The molecule has 0 radical (unpaired) electrons. The molecule has 7 heteroatoms. The fourth-order valence-corrected chi connectivity index (χ4v) is 2.89. The predicted molar refractivity (Wildman–Crippen MR) is 117 cm³/mol. The first-order chi connectivity index (χ1) is 14.6. The van der Waals surface area contributed by atoms with Gasteiger partial charge in [0.15, 0.2) is 5.82 Å². The number of imidazole rings is 1. The molecule has 148 valence electrons. The number of hydrazone groups is 1. The number of aryl methyl sites for hydroxylation is 2. The lowest BCUT2D eigenvalue weighted by Crippen LogP contribution is -2.17. The van der Waals surface area contributed by atoms with Crippen molar-refractivity contribution in [2.75, 3.05) is 0 Å². The van der Waals surface area contributed by atoms with Crippen molar-refractivity contribution >= 4 is 29.3 Å². The molecular formula is C23H20N6O. The number of hydrogen-bond acceptors (Lipinski definition) is 5. The monoisotopic (exact) mass is 396 g/mol. The van der Waals surface area contributed by atoms with E-state index in [4.69, 9.17) is 0 Å². The van der Waals surface area contributed by atoms with Crippen LogP contribution < -0.4 is 5.43 Å². The number of hydrogen-bond donors (Lipinski definition) is 1. The maximum absolute atomic E-state index is 12.2. The topological polar surface area (TPSA) is 83.5 Å². The Morgan fingerprint density at radius 3 is 2.50 bits per heavy atom. The smallest absolute Gasteiger partial charge is 0.271 e. The van der Waals surface area contributed by atoms with Crippen LogP contribution in [0.5, 0.6) is 0 Å². The molecule has 4 rings (SSSR count). The normalized spacial score (nSPS) is 11.5. The van der Waals surface area contributed by atoms with Gasteiger partial charge in [-0.15, -0.1) is 10.2 Å². The lowest BCUT2D eigenvalue weighted by molar-refractivity contribution is 0.0955. The molecule has 0 unspecified atom stereocenters.